The van der Waals surface area contributed by atoms with E-state index in [-0.39, 0.29) is 12.1 Å². The molecule has 2 aliphatic heterocycles. The predicted molar refractivity (Wildman–Crippen MR) is 168 cm³/mol. The lowest BCUT2D eigenvalue weighted by atomic mass is 9.76. The van der Waals surface area contributed by atoms with E-state index in [1.807, 2.05) is 59.9 Å². The Balaban J connectivity index is 1.51. The summed E-state index contributed by atoms with van der Waals surface area (Å²) in [5.74, 6) is 0.881. The number of hydrogen-bond donors (Lipinski definition) is 0. The minimum atomic E-state index is -0.908. The first kappa shape index (κ1) is 31.7. The summed E-state index contributed by atoms with van der Waals surface area (Å²) in [6.45, 7) is 15.8. The molecule has 43 heavy (non-hydrogen) atoms. The molecule has 1 aliphatic carbocycles. The molecule has 0 unspecified atom stereocenters. The van der Waals surface area contributed by atoms with Crippen molar-refractivity contribution in [3.05, 3.63) is 35.8 Å². The third-order valence-electron chi connectivity index (χ3n) is 9.23. The van der Waals surface area contributed by atoms with E-state index in [4.69, 9.17) is 28.9 Å². The summed E-state index contributed by atoms with van der Waals surface area (Å²) in [6.07, 6.45) is 12.2. The Hall–Kier alpha value is -2.71. The normalized spacial score (nSPS) is 20.0. The molecule has 0 aromatic carbocycles. The monoisotopic (exact) mass is 593 g/mol. The maximum atomic E-state index is 13.7. The van der Waals surface area contributed by atoms with E-state index < -0.39 is 11.7 Å². The minimum Gasteiger partial charge on any atom is -0.492 e. The van der Waals surface area contributed by atoms with Gasteiger partial charge in [-0.1, -0.05) is 12.8 Å². The molecular formula is C35H51N3O5. The number of anilines is 1. The van der Waals surface area contributed by atoms with Gasteiger partial charge in [-0.15, -0.1) is 0 Å². The van der Waals surface area contributed by atoms with Gasteiger partial charge in [-0.3, -0.25) is 9.97 Å². The average Bonchev–Trinajstić information content (AvgIpc) is 3.43. The molecule has 8 nitrogen and oxygen atoms in total. The van der Waals surface area contributed by atoms with Crippen LogP contribution in [0.1, 0.15) is 103 Å². The van der Waals surface area contributed by atoms with Crippen molar-refractivity contribution in [2.45, 2.75) is 111 Å². The van der Waals surface area contributed by atoms with Crippen molar-refractivity contribution in [1.29, 1.82) is 0 Å². The van der Waals surface area contributed by atoms with Crippen molar-refractivity contribution in [3.8, 4) is 17.0 Å². The number of ether oxygens (including phenoxy) is 4. The smallest absolute Gasteiger partial charge is 0.340 e. The molecule has 1 atom stereocenters. The van der Waals surface area contributed by atoms with Gasteiger partial charge in [0.2, 0.25) is 0 Å². The van der Waals surface area contributed by atoms with Gasteiger partial charge >= 0.3 is 5.97 Å². The summed E-state index contributed by atoms with van der Waals surface area (Å²) in [7, 11) is 0. The Morgan fingerprint density at radius 2 is 1.74 bits per heavy atom. The summed E-state index contributed by atoms with van der Waals surface area (Å²) >= 11 is 0. The van der Waals surface area contributed by atoms with Gasteiger partial charge in [0.15, 0.2) is 6.10 Å². The third-order valence-corrected chi connectivity index (χ3v) is 9.23. The van der Waals surface area contributed by atoms with Crippen LogP contribution in [-0.4, -0.2) is 60.6 Å². The predicted octanol–water partition coefficient (Wildman–Crippen LogP) is 7.23. The number of aromatic nitrogens is 2. The van der Waals surface area contributed by atoms with E-state index in [1.54, 1.807) is 6.20 Å². The lowest BCUT2D eigenvalue weighted by molar-refractivity contribution is -0.171. The molecular weight excluding hydrogens is 542 g/mol. The SMILES string of the molecule is Cc1ncc(-c2ccc(OCC3CCOCC3)cn2)c(N2CCC3(CCCC3)CC2)c1[C@H](OC(C)(C)C)C(=O)OC(C)C. The van der Waals surface area contributed by atoms with Gasteiger partial charge in [-0.05, 0) is 104 Å². The maximum Gasteiger partial charge on any atom is 0.340 e. The molecule has 3 aliphatic rings. The van der Waals surface area contributed by atoms with Crippen LogP contribution in [0.4, 0.5) is 5.69 Å². The molecule has 8 heteroatoms. The van der Waals surface area contributed by atoms with Gasteiger partial charge in [0.1, 0.15) is 5.75 Å². The van der Waals surface area contributed by atoms with Gasteiger partial charge < -0.3 is 23.8 Å². The van der Waals surface area contributed by atoms with E-state index in [0.29, 0.717) is 17.9 Å². The first-order valence-corrected chi connectivity index (χ1v) is 16.3. The van der Waals surface area contributed by atoms with Crippen LogP contribution in [0.15, 0.2) is 24.5 Å². The zero-order valence-corrected chi connectivity index (χ0v) is 27.1. The van der Waals surface area contributed by atoms with E-state index in [1.165, 1.54) is 25.7 Å². The first-order valence-electron chi connectivity index (χ1n) is 16.3. The Labute approximate surface area is 257 Å². The van der Waals surface area contributed by atoms with Crippen LogP contribution in [-0.2, 0) is 19.0 Å². The molecule has 5 rings (SSSR count). The molecule has 0 bridgehead atoms. The minimum absolute atomic E-state index is 0.258. The molecule has 3 fully saturated rings. The quantitative estimate of drug-likeness (QED) is 0.282. The number of rotatable bonds is 9. The van der Waals surface area contributed by atoms with Crippen LogP contribution in [0.5, 0.6) is 5.75 Å². The van der Waals surface area contributed by atoms with Crippen molar-refractivity contribution in [3.63, 3.8) is 0 Å². The largest absolute Gasteiger partial charge is 0.492 e. The van der Waals surface area contributed by atoms with Gasteiger partial charge in [-0.25, -0.2) is 4.79 Å². The van der Waals surface area contributed by atoms with Crippen LogP contribution in [0.3, 0.4) is 0 Å². The molecule has 0 N–H and O–H groups in total. The highest BCUT2D eigenvalue weighted by molar-refractivity contribution is 5.86. The van der Waals surface area contributed by atoms with Crippen LogP contribution >= 0.6 is 0 Å². The van der Waals surface area contributed by atoms with Crippen LogP contribution in [0, 0.1) is 18.3 Å². The Kier molecular flexibility index (Phi) is 9.96. The number of aryl methyl sites for hydroxylation is 1. The molecule has 1 spiro atoms. The molecule has 0 radical (unpaired) electrons. The molecule has 1 saturated carbocycles. The fourth-order valence-electron chi connectivity index (χ4n) is 6.90. The van der Waals surface area contributed by atoms with Gasteiger partial charge in [0.05, 0.1) is 35.9 Å². The Bertz CT molecular complexity index is 1220. The van der Waals surface area contributed by atoms with Gasteiger partial charge in [0.25, 0.3) is 0 Å². The second-order valence-corrected chi connectivity index (χ2v) is 14.1. The van der Waals surface area contributed by atoms with Crippen molar-refractivity contribution in [2.24, 2.45) is 11.3 Å². The molecule has 2 aromatic rings. The lowest BCUT2D eigenvalue weighted by Gasteiger charge is -2.42. The summed E-state index contributed by atoms with van der Waals surface area (Å²) in [5.41, 5.74) is 4.12. The van der Waals surface area contributed by atoms with Gasteiger partial charge in [-0.2, -0.15) is 0 Å². The van der Waals surface area contributed by atoms with Crippen molar-refractivity contribution in [1.82, 2.24) is 9.97 Å². The lowest BCUT2D eigenvalue weighted by Crippen LogP contribution is -2.40. The maximum absolute atomic E-state index is 13.7. The number of esters is 1. The van der Waals surface area contributed by atoms with E-state index in [9.17, 15) is 4.79 Å². The summed E-state index contributed by atoms with van der Waals surface area (Å²) in [4.78, 5) is 25.8. The third kappa shape index (κ3) is 7.88. The van der Waals surface area contributed by atoms with E-state index in [2.05, 4.69) is 4.90 Å². The average molecular weight is 594 g/mol. The second-order valence-electron chi connectivity index (χ2n) is 14.1. The number of hydrogen-bond acceptors (Lipinski definition) is 8. The molecule has 4 heterocycles. The second kappa shape index (κ2) is 13.5. The zero-order valence-electron chi connectivity index (χ0n) is 27.1. The molecule has 2 aromatic heterocycles. The van der Waals surface area contributed by atoms with Gasteiger partial charge in [0, 0.05) is 49.3 Å². The number of carbonyl (C=O) groups is 1. The highest BCUT2D eigenvalue weighted by Crippen LogP contribution is 2.49. The van der Waals surface area contributed by atoms with Crippen LogP contribution in [0.2, 0.25) is 0 Å². The number of pyridine rings is 2. The molecule has 236 valence electrons. The summed E-state index contributed by atoms with van der Waals surface area (Å²) in [6, 6.07) is 4.00. The Morgan fingerprint density at radius 3 is 2.35 bits per heavy atom. The standard InChI is InChI=1S/C35H51N3O5/c1-24(2)42-33(39)32(43-34(4,5)6)30-25(3)36-22-28(31(30)38-17-15-35(16-18-38)13-7-8-14-35)29-10-9-27(21-37-29)41-23-26-11-19-40-20-12-26/h9-10,21-22,24,26,32H,7-8,11-20,23H2,1-6H3/t32-/m0/s1. The first-order chi connectivity index (χ1) is 20.5. The highest BCUT2D eigenvalue weighted by atomic mass is 16.6. The molecule has 0 amide bonds. The van der Waals surface area contributed by atoms with Crippen molar-refractivity contribution >= 4 is 11.7 Å². The Morgan fingerprint density at radius 1 is 1.05 bits per heavy atom. The van der Waals surface area contributed by atoms with E-state index >= 15 is 0 Å². The zero-order chi connectivity index (χ0) is 30.6. The summed E-state index contributed by atoms with van der Waals surface area (Å²) < 4.78 is 23.9. The summed E-state index contributed by atoms with van der Waals surface area (Å²) in [5, 5.41) is 0. The van der Waals surface area contributed by atoms with E-state index in [0.717, 1.165) is 85.9 Å². The number of nitrogens with zero attached hydrogens (tertiary/aromatic N) is 3. The fraction of sp³-hybridized carbons (Fsp3) is 0.686. The topological polar surface area (TPSA) is 83.0 Å². The van der Waals surface area contributed by atoms with Crippen LogP contribution < -0.4 is 9.64 Å². The number of piperidine rings is 1. The van der Waals surface area contributed by atoms with Crippen molar-refractivity contribution < 1.29 is 23.7 Å². The number of carbonyl (C=O) groups excluding carboxylic acids is 1. The van der Waals surface area contributed by atoms with Crippen LogP contribution in [0.25, 0.3) is 11.3 Å². The fourth-order valence-corrected chi connectivity index (χ4v) is 6.90. The molecule has 2 saturated heterocycles. The van der Waals surface area contributed by atoms with Crippen molar-refractivity contribution in [2.75, 3.05) is 37.8 Å². The highest BCUT2D eigenvalue weighted by Gasteiger charge is 2.40.